The Morgan fingerprint density at radius 3 is 2.35 bits per heavy atom. The number of piperidine rings is 1. The molecule has 0 saturated carbocycles. The van der Waals surface area contributed by atoms with Crippen LogP contribution >= 0.6 is 0 Å². The first kappa shape index (κ1) is 18.6. The number of imide groups is 1. The van der Waals surface area contributed by atoms with Gasteiger partial charge in [-0.2, -0.15) is 0 Å². The van der Waals surface area contributed by atoms with Crippen LogP contribution in [0.25, 0.3) is 11.6 Å². The van der Waals surface area contributed by atoms with Gasteiger partial charge in [-0.25, -0.2) is 0 Å². The first-order valence-corrected chi connectivity index (χ1v) is 9.16. The third-order valence-electron chi connectivity index (χ3n) is 5.37. The van der Waals surface area contributed by atoms with Gasteiger partial charge in [-0.1, -0.05) is 30.9 Å². The molecule has 1 N–H and O–H groups in total. The van der Waals surface area contributed by atoms with Crippen molar-refractivity contribution in [1.29, 1.82) is 0 Å². The van der Waals surface area contributed by atoms with Crippen LogP contribution in [0.4, 0.5) is 0 Å². The number of carbonyl (C=O) groups excluding carboxylic acids is 2. The summed E-state index contributed by atoms with van der Waals surface area (Å²) in [6.07, 6.45) is 4.78. The highest BCUT2D eigenvalue weighted by Crippen LogP contribution is 2.36. The lowest BCUT2D eigenvalue weighted by atomic mass is 9.79. The van der Waals surface area contributed by atoms with Crippen molar-refractivity contribution in [2.24, 2.45) is 0 Å². The molecule has 26 heavy (non-hydrogen) atoms. The fourth-order valence-corrected chi connectivity index (χ4v) is 4.64. The molecular weight excluding hydrogens is 324 g/mol. The van der Waals surface area contributed by atoms with Crippen LogP contribution in [0.3, 0.4) is 0 Å². The van der Waals surface area contributed by atoms with Gasteiger partial charge in [-0.3, -0.25) is 14.5 Å². The van der Waals surface area contributed by atoms with Gasteiger partial charge < -0.3 is 5.32 Å². The van der Waals surface area contributed by atoms with E-state index in [1.54, 1.807) is 6.08 Å². The second kappa shape index (κ2) is 6.20. The number of rotatable bonds is 3. The van der Waals surface area contributed by atoms with E-state index in [-0.39, 0.29) is 28.9 Å². The molecule has 0 atom stereocenters. The lowest BCUT2D eigenvalue weighted by Crippen LogP contribution is -2.62. The summed E-state index contributed by atoms with van der Waals surface area (Å²) >= 11 is 0. The SMILES string of the molecule is C=Cc1cccc(C2=CC(=O)N(C3CC(C)(C)NC(C)(C)C3)C2=O)c1C. The molecule has 0 aromatic heterocycles. The monoisotopic (exact) mass is 352 g/mol. The molecule has 0 unspecified atom stereocenters. The van der Waals surface area contributed by atoms with E-state index in [9.17, 15) is 9.59 Å². The number of hydrogen-bond acceptors (Lipinski definition) is 3. The molecule has 0 bridgehead atoms. The quantitative estimate of drug-likeness (QED) is 0.844. The van der Waals surface area contributed by atoms with E-state index in [1.807, 2.05) is 25.1 Å². The van der Waals surface area contributed by atoms with E-state index in [1.165, 1.54) is 11.0 Å². The fraction of sp³-hybridized carbons (Fsp3) is 0.455. The van der Waals surface area contributed by atoms with E-state index in [0.29, 0.717) is 5.57 Å². The van der Waals surface area contributed by atoms with Crippen molar-refractivity contribution in [3.05, 3.63) is 47.5 Å². The maximum Gasteiger partial charge on any atom is 0.261 e. The minimum absolute atomic E-state index is 0.0992. The summed E-state index contributed by atoms with van der Waals surface area (Å²) < 4.78 is 0. The molecule has 2 heterocycles. The van der Waals surface area contributed by atoms with Gasteiger partial charge in [0.2, 0.25) is 0 Å². The zero-order valence-corrected chi connectivity index (χ0v) is 16.3. The van der Waals surface area contributed by atoms with Crippen LogP contribution in [0.5, 0.6) is 0 Å². The summed E-state index contributed by atoms with van der Waals surface area (Å²) in [5.74, 6) is -0.385. The highest BCUT2D eigenvalue weighted by Gasteiger charge is 2.45. The lowest BCUT2D eigenvalue weighted by Gasteiger charge is -2.48. The molecule has 1 fully saturated rings. The number of benzene rings is 1. The molecule has 3 rings (SSSR count). The van der Waals surface area contributed by atoms with E-state index >= 15 is 0 Å². The first-order valence-electron chi connectivity index (χ1n) is 9.16. The molecule has 0 spiro atoms. The minimum atomic E-state index is -0.202. The van der Waals surface area contributed by atoms with Crippen LogP contribution in [0.2, 0.25) is 0 Å². The maximum atomic E-state index is 13.2. The average Bonchev–Trinajstić information content (AvgIpc) is 2.79. The molecule has 1 aromatic carbocycles. The predicted molar refractivity (Wildman–Crippen MR) is 105 cm³/mol. The zero-order valence-electron chi connectivity index (χ0n) is 16.3. The molecular formula is C22H28N2O2. The predicted octanol–water partition coefficient (Wildman–Crippen LogP) is 3.70. The first-order chi connectivity index (χ1) is 12.0. The minimum Gasteiger partial charge on any atom is -0.307 e. The van der Waals surface area contributed by atoms with Crippen molar-refractivity contribution >= 4 is 23.5 Å². The summed E-state index contributed by atoms with van der Waals surface area (Å²) in [6, 6.07) is 5.66. The largest absolute Gasteiger partial charge is 0.307 e. The summed E-state index contributed by atoms with van der Waals surface area (Å²) in [5, 5.41) is 3.60. The summed E-state index contributed by atoms with van der Waals surface area (Å²) in [4.78, 5) is 27.4. The normalized spacial score (nSPS) is 22.5. The van der Waals surface area contributed by atoms with Crippen LogP contribution in [-0.2, 0) is 9.59 Å². The lowest BCUT2D eigenvalue weighted by molar-refractivity contribution is -0.141. The zero-order chi connectivity index (χ0) is 19.3. The second-order valence-corrected chi connectivity index (χ2v) is 8.75. The van der Waals surface area contributed by atoms with Gasteiger partial charge in [0.05, 0.1) is 5.57 Å². The van der Waals surface area contributed by atoms with Crippen molar-refractivity contribution < 1.29 is 9.59 Å². The van der Waals surface area contributed by atoms with Gasteiger partial charge in [-0.05, 0) is 64.2 Å². The summed E-state index contributed by atoms with van der Waals surface area (Å²) in [6.45, 7) is 14.3. The van der Waals surface area contributed by atoms with Crippen LogP contribution in [-0.4, -0.2) is 33.8 Å². The Kier molecular flexibility index (Phi) is 4.43. The number of nitrogens with one attached hydrogen (secondary N) is 1. The highest BCUT2D eigenvalue weighted by atomic mass is 16.2. The smallest absolute Gasteiger partial charge is 0.261 e. The van der Waals surface area contributed by atoms with E-state index in [4.69, 9.17) is 0 Å². The van der Waals surface area contributed by atoms with Crippen LogP contribution in [0, 0.1) is 6.92 Å². The molecule has 0 radical (unpaired) electrons. The molecule has 4 nitrogen and oxygen atoms in total. The van der Waals surface area contributed by atoms with Crippen LogP contribution in [0.15, 0.2) is 30.9 Å². The Balaban J connectivity index is 1.94. The molecule has 138 valence electrons. The number of amides is 2. The van der Waals surface area contributed by atoms with Crippen molar-refractivity contribution in [1.82, 2.24) is 10.2 Å². The Morgan fingerprint density at radius 2 is 1.77 bits per heavy atom. The molecule has 4 heteroatoms. The summed E-state index contributed by atoms with van der Waals surface area (Å²) in [7, 11) is 0. The Bertz CT molecular complexity index is 801. The van der Waals surface area contributed by atoms with E-state index in [2.05, 4.69) is 39.6 Å². The Morgan fingerprint density at radius 1 is 1.15 bits per heavy atom. The van der Waals surface area contributed by atoms with Gasteiger partial charge in [-0.15, -0.1) is 0 Å². The van der Waals surface area contributed by atoms with Gasteiger partial charge in [0, 0.05) is 23.2 Å². The number of carbonyl (C=O) groups is 2. The Hall–Kier alpha value is -2.20. The third-order valence-corrected chi connectivity index (χ3v) is 5.37. The summed E-state index contributed by atoms with van der Waals surface area (Å²) in [5.41, 5.74) is 3.00. The molecule has 2 amide bonds. The molecule has 2 aliphatic heterocycles. The van der Waals surface area contributed by atoms with Crippen molar-refractivity contribution in [2.45, 2.75) is 64.6 Å². The molecule has 2 aliphatic rings. The standard InChI is InChI=1S/C22H28N2O2/c1-7-15-9-8-10-17(14(15)2)18-11-19(25)24(20(18)26)16-12-21(3,4)23-22(5,6)13-16/h7-11,16,23H,1,12-13H2,2-6H3. The van der Waals surface area contributed by atoms with E-state index < -0.39 is 0 Å². The highest BCUT2D eigenvalue weighted by molar-refractivity contribution is 6.33. The van der Waals surface area contributed by atoms with Crippen molar-refractivity contribution in [3.63, 3.8) is 0 Å². The average molecular weight is 352 g/mol. The molecule has 1 saturated heterocycles. The van der Waals surface area contributed by atoms with Gasteiger partial charge in [0.15, 0.2) is 0 Å². The molecule has 0 aliphatic carbocycles. The van der Waals surface area contributed by atoms with Crippen LogP contribution in [0.1, 0.15) is 57.2 Å². The maximum absolute atomic E-state index is 13.2. The van der Waals surface area contributed by atoms with E-state index in [0.717, 1.165) is 29.5 Å². The van der Waals surface area contributed by atoms with Crippen LogP contribution < -0.4 is 5.32 Å². The molecule has 1 aromatic rings. The topological polar surface area (TPSA) is 49.4 Å². The Labute approximate surface area is 156 Å². The van der Waals surface area contributed by atoms with Gasteiger partial charge in [0.25, 0.3) is 11.8 Å². The van der Waals surface area contributed by atoms with Gasteiger partial charge >= 0.3 is 0 Å². The van der Waals surface area contributed by atoms with Crippen molar-refractivity contribution in [3.8, 4) is 0 Å². The number of hydrogen-bond donors (Lipinski definition) is 1. The number of nitrogens with zero attached hydrogens (tertiary/aromatic N) is 1. The second-order valence-electron chi connectivity index (χ2n) is 8.75. The van der Waals surface area contributed by atoms with Gasteiger partial charge in [0.1, 0.15) is 0 Å². The fourth-order valence-electron chi connectivity index (χ4n) is 4.64. The third kappa shape index (κ3) is 3.26. The van der Waals surface area contributed by atoms with Crippen molar-refractivity contribution in [2.75, 3.05) is 0 Å².